The molecular weight excluding hydrogens is 236 g/mol. The quantitative estimate of drug-likeness (QED) is 0.859. The second-order valence-corrected chi connectivity index (χ2v) is 4.38. The highest BCUT2D eigenvalue weighted by atomic mass is 35.5. The number of aromatic amines is 1. The Morgan fingerprint density at radius 1 is 1.41 bits per heavy atom. The molecule has 0 amide bonds. The van der Waals surface area contributed by atoms with Crippen molar-refractivity contribution in [2.45, 2.75) is 19.8 Å². The lowest BCUT2D eigenvalue weighted by Crippen LogP contribution is -2.02. The summed E-state index contributed by atoms with van der Waals surface area (Å²) in [5, 5.41) is 1.71. The first kappa shape index (κ1) is 12.3. The van der Waals surface area contributed by atoms with Gasteiger partial charge in [-0.15, -0.1) is 0 Å². The van der Waals surface area contributed by atoms with Crippen LogP contribution >= 0.6 is 11.6 Å². The van der Waals surface area contributed by atoms with Crippen LogP contribution in [0.5, 0.6) is 5.75 Å². The lowest BCUT2D eigenvalue weighted by Gasteiger charge is -2.08. The molecule has 4 heteroatoms. The molecule has 0 atom stereocenters. The molecule has 1 heterocycles. The first-order valence-electron chi connectivity index (χ1n) is 5.89. The molecule has 0 saturated heterocycles. The van der Waals surface area contributed by atoms with Crippen LogP contribution in [0, 0.1) is 0 Å². The summed E-state index contributed by atoms with van der Waals surface area (Å²) in [5.41, 5.74) is 7.77. The molecular formula is C13H17ClN2O. The molecule has 0 saturated carbocycles. The number of ether oxygens (including phenoxy) is 1. The van der Waals surface area contributed by atoms with Crippen LogP contribution in [0.15, 0.2) is 18.3 Å². The summed E-state index contributed by atoms with van der Waals surface area (Å²) >= 11 is 6.37. The van der Waals surface area contributed by atoms with Crippen LogP contribution in [-0.2, 0) is 6.42 Å². The topological polar surface area (TPSA) is 51.0 Å². The molecule has 0 radical (unpaired) electrons. The summed E-state index contributed by atoms with van der Waals surface area (Å²) < 4.78 is 5.62. The predicted octanol–water partition coefficient (Wildman–Crippen LogP) is 3.11. The molecule has 0 spiro atoms. The molecule has 0 aliphatic rings. The monoisotopic (exact) mass is 252 g/mol. The molecule has 2 rings (SSSR count). The SMILES string of the molecule is CCCOc1ccc2[nH]cc(CCN)c2c1Cl. The average Bonchev–Trinajstić information content (AvgIpc) is 2.73. The van der Waals surface area contributed by atoms with Crippen molar-refractivity contribution < 1.29 is 4.74 Å². The molecule has 0 fully saturated rings. The summed E-state index contributed by atoms with van der Waals surface area (Å²) in [5.74, 6) is 0.749. The summed E-state index contributed by atoms with van der Waals surface area (Å²) in [6, 6.07) is 3.90. The van der Waals surface area contributed by atoms with E-state index in [0.29, 0.717) is 18.2 Å². The van der Waals surface area contributed by atoms with E-state index in [1.165, 1.54) is 0 Å². The Balaban J connectivity index is 2.44. The fourth-order valence-electron chi connectivity index (χ4n) is 1.90. The minimum absolute atomic E-state index is 0.614. The van der Waals surface area contributed by atoms with Gasteiger partial charge in [0, 0.05) is 17.1 Å². The third-order valence-electron chi connectivity index (χ3n) is 2.70. The van der Waals surface area contributed by atoms with Crippen LogP contribution in [0.25, 0.3) is 10.9 Å². The molecule has 2 aromatic rings. The van der Waals surface area contributed by atoms with Gasteiger partial charge in [0.1, 0.15) is 5.75 Å². The first-order valence-corrected chi connectivity index (χ1v) is 6.27. The third-order valence-corrected chi connectivity index (χ3v) is 3.08. The van der Waals surface area contributed by atoms with E-state index in [2.05, 4.69) is 11.9 Å². The zero-order valence-corrected chi connectivity index (χ0v) is 10.7. The zero-order valence-electron chi connectivity index (χ0n) is 9.92. The standard InChI is InChI=1S/C13H17ClN2O/c1-2-7-17-11-4-3-10-12(13(11)14)9(5-6-15)8-16-10/h3-4,8,16H,2,5-7,15H2,1H3. The Morgan fingerprint density at radius 2 is 2.24 bits per heavy atom. The maximum absolute atomic E-state index is 6.37. The minimum Gasteiger partial charge on any atom is -0.492 e. The fraction of sp³-hybridized carbons (Fsp3) is 0.385. The Morgan fingerprint density at radius 3 is 2.94 bits per heavy atom. The first-order chi connectivity index (χ1) is 8.27. The van der Waals surface area contributed by atoms with Gasteiger partial charge in [-0.3, -0.25) is 0 Å². The van der Waals surface area contributed by atoms with Crippen LogP contribution in [0.3, 0.4) is 0 Å². The van der Waals surface area contributed by atoms with Gasteiger partial charge >= 0.3 is 0 Å². The molecule has 17 heavy (non-hydrogen) atoms. The molecule has 0 bridgehead atoms. The smallest absolute Gasteiger partial charge is 0.138 e. The van der Waals surface area contributed by atoms with Gasteiger partial charge in [0.2, 0.25) is 0 Å². The zero-order chi connectivity index (χ0) is 12.3. The summed E-state index contributed by atoms with van der Waals surface area (Å²) in [4.78, 5) is 3.20. The van der Waals surface area contributed by atoms with Gasteiger partial charge in [0.15, 0.2) is 0 Å². The highest BCUT2D eigenvalue weighted by molar-refractivity contribution is 6.37. The van der Waals surface area contributed by atoms with Gasteiger partial charge in [0.25, 0.3) is 0 Å². The van der Waals surface area contributed by atoms with Crippen LogP contribution in [0.2, 0.25) is 5.02 Å². The number of H-pyrrole nitrogens is 1. The highest BCUT2D eigenvalue weighted by Crippen LogP contribution is 2.35. The van der Waals surface area contributed by atoms with Gasteiger partial charge in [-0.1, -0.05) is 18.5 Å². The Bertz CT molecular complexity index is 507. The number of aromatic nitrogens is 1. The number of hydrogen-bond donors (Lipinski definition) is 2. The van der Waals surface area contributed by atoms with E-state index in [0.717, 1.165) is 35.1 Å². The number of halogens is 1. The fourth-order valence-corrected chi connectivity index (χ4v) is 2.25. The average molecular weight is 253 g/mol. The predicted molar refractivity (Wildman–Crippen MR) is 71.9 cm³/mol. The molecule has 92 valence electrons. The van der Waals surface area contributed by atoms with Gasteiger partial charge in [-0.05, 0) is 37.1 Å². The number of nitrogens with one attached hydrogen (secondary N) is 1. The van der Waals surface area contributed by atoms with E-state index in [1.54, 1.807) is 0 Å². The summed E-state index contributed by atoms with van der Waals surface area (Å²) in [7, 11) is 0. The van der Waals surface area contributed by atoms with Crippen molar-refractivity contribution >= 4 is 22.5 Å². The Kier molecular flexibility index (Phi) is 3.92. The van der Waals surface area contributed by atoms with E-state index >= 15 is 0 Å². The van der Waals surface area contributed by atoms with E-state index in [9.17, 15) is 0 Å². The van der Waals surface area contributed by atoms with Crippen molar-refractivity contribution in [2.75, 3.05) is 13.2 Å². The molecule has 3 nitrogen and oxygen atoms in total. The van der Waals surface area contributed by atoms with Crippen molar-refractivity contribution in [1.82, 2.24) is 4.98 Å². The summed E-state index contributed by atoms with van der Waals surface area (Å²) in [6.45, 7) is 3.37. The number of rotatable bonds is 5. The highest BCUT2D eigenvalue weighted by Gasteiger charge is 2.11. The maximum atomic E-state index is 6.37. The van der Waals surface area contributed by atoms with Crippen LogP contribution in [0.1, 0.15) is 18.9 Å². The van der Waals surface area contributed by atoms with E-state index < -0.39 is 0 Å². The van der Waals surface area contributed by atoms with Gasteiger partial charge in [0.05, 0.1) is 11.6 Å². The van der Waals surface area contributed by atoms with E-state index in [-0.39, 0.29) is 0 Å². The normalized spacial score (nSPS) is 11.0. The van der Waals surface area contributed by atoms with Crippen molar-refractivity contribution in [3.8, 4) is 5.75 Å². The van der Waals surface area contributed by atoms with Crippen molar-refractivity contribution in [3.63, 3.8) is 0 Å². The van der Waals surface area contributed by atoms with Crippen LogP contribution in [-0.4, -0.2) is 18.1 Å². The van der Waals surface area contributed by atoms with Crippen LogP contribution in [0.4, 0.5) is 0 Å². The largest absolute Gasteiger partial charge is 0.492 e. The van der Waals surface area contributed by atoms with Crippen molar-refractivity contribution in [1.29, 1.82) is 0 Å². The Labute approximate surface area is 106 Å². The van der Waals surface area contributed by atoms with Crippen LogP contribution < -0.4 is 10.5 Å². The van der Waals surface area contributed by atoms with Crippen molar-refractivity contribution in [3.05, 3.63) is 28.9 Å². The van der Waals surface area contributed by atoms with E-state index in [4.69, 9.17) is 22.1 Å². The molecule has 0 aliphatic carbocycles. The number of fused-ring (bicyclic) bond motifs is 1. The Hall–Kier alpha value is -1.19. The van der Waals surface area contributed by atoms with Gasteiger partial charge in [-0.2, -0.15) is 0 Å². The molecule has 0 unspecified atom stereocenters. The lowest BCUT2D eigenvalue weighted by molar-refractivity contribution is 0.318. The van der Waals surface area contributed by atoms with Gasteiger partial charge < -0.3 is 15.5 Å². The maximum Gasteiger partial charge on any atom is 0.138 e. The molecule has 3 N–H and O–H groups in total. The summed E-state index contributed by atoms with van der Waals surface area (Å²) in [6.07, 6.45) is 3.75. The van der Waals surface area contributed by atoms with E-state index in [1.807, 2.05) is 18.3 Å². The molecule has 0 aliphatic heterocycles. The molecule has 1 aromatic carbocycles. The number of benzene rings is 1. The van der Waals surface area contributed by atoms with Crippen molar-refractivity contribution in [2.24, 2.45) is 5.73 Å². The second-order valence-electron chi connectivity index (χ2n) is 4.00. The number of nitrogens with two attached hydrogens (primary N) is 1. The second kappa shape index (κ2) is 5.43. The van der Waals surface area contributed by atoms with Gasteiger partial charge in [-0.25, -0.2) is 0 Å². The minimum atomic E-state index is 0.614. The third kappa shape index (κ3) is 2.40. The lowest BCUT2D eigenvalue weighted by atomic mass is 10.1. The number of hydrogen-bond acceptors (Lipinski definition) is 2. The molecule has 1 aromatic heterocycles.